The van der Waals surface area contributed by atoms with Crippen molar-refractivity contribution >= 4 is 17.0 Å². The molecule has 1 aromatic heterocycles. The summed E-state index contributed by atoms with van der Waals surface area (Å²) in [5.74, 6) is 1.71. The molecule has 21 heavy (non-hydrogen) atoms. The fourth-order valence-corrected chi connectivity index (χ4v) is 2.80. The Hall–Kier alpha value is -2.26. The van der Waals surface area contributed by atoms with Gasteiger partial charge < -0.3 is 10.1 Å². The summed E-state index contributed by atoms with van der Waals surface area (Å²) in [7, 11) is 0. The second-order valence-corrected chi connectivity index (χ2v) is 5.70. The van der Waals surface area contributed by atoms with Crippen molar-refractivity contribution in [3.05, 3.63) is 77.0 Å². The van der Waals surface area contributed by atoms with E-state index in [9.17, 15) is 0 Å². The normalized spacial score (nSPS) is 10.3. The average Bonchev–Trinajstić information content (AvgIpc) is 3.03. The van der Waals surface area contributed by atoms with Crippen molar-refractivity contribution in [3.8, 4) is 11.5 Å². The SMILES string of the molecule is c1ccc(Oc2ccccc2NCCc2cccs2)cc1. The van der Waals surface area contributed by atoms with Gasteiger partial charge in [0.15, 0.2) is 5.75 Å². The Morgan fingerprint density at radius 3 is 2.48 bits per heavy atom. The minimum Gasteiger partial charge on any atom is -0.455 e. The Balaban J connectivity index is 1.65. The molecule has 0 unspecified atom stereocenters. The maximum Gasteiger partial charge on any atom is 0.150 e. The molecule has 2 nitrogen and oxygen atoms in total. The molecule has 0 bridgehead atoms. The van der Waals surface area contributed by atoms with Crippen LogP contribution < -0.4 is 10.1 Å². The highest BCUT2D eigenvalue weighted by atomic mass is 32.1. The molecular weight excluding hydrogens is 278 g/mol. The summed E-state index contributed by atoms with van der Waals surface area (Å²) in [6, 6.07) is 22.2. The maximum absolute atomic E-state index is 5.94. The summed E-state index contributed by atoms with van der Waals surface area (Å²) in [5.41, 5.74) is 1.03. The lowest BCUT2D eigenvalue weighted by atomic mass is 10.2. The van der Waals surface area contributed by atoms with Crippen molar-refractivity contribution in [2.75, 3.05) is 11.9 Å². The van der Waals surface area contributed by atoms with Crippen LogP contribution in [-0.2, 0) is 6.42 Å². The van der Waals surface area contributed by atoms with Crippen molar-refractivity contribution < 1.29 is 4.74 Å². The van der Waals surface area contributed by atoms with Crippen LogP contribution in [0.25, 0.3) is 0 Å². The monoisotopic (exact) mass is 295 g/mol. The lowest BCUT2D eigenvalue weighted by Gasteiger charge is -2.12. The highest BCUT2D eigenvalue weighted by molar-refractivity contribution is 7.09. The Labute approximate surface area is 129 Å². The Morgan fingerprint density at radius 2 is 1.67 bits per heavy atom. The predicted octanol–water partition coefficient (Wildman–Crippen LogP) is 5.20. The molecule has 3 heteroatoms. The van der Waals surface area contributed by atoms with Gasteiger partial charge in [0.25, 0.3) is 0 Å². The van der Waals surface area contributed by atoms with Crippen LogP contribution in [0.4, 0.5) is 5.69 Å². The van der Waals surface area contributed by atoms with Gasteiger partial charge in [-0.1, -0.05) is 36.4 Å². The van der Waals surface area contributed by atoms with E-state index in [4.69, 9.17) is 4.74 Å². The number of anilines is 1. The number of thiophene rings is 1. The molecule has 3 aromatic rings. The number of para-hydroxylation sites is 3. The molecule has 0 spiro atoms. The van der Waals surface area contributed by atoms with E-state index in [1.54, 1.807) is 11.3 Å². The molecule has 0 radical (unpaired) electrons. The standard InChI is InChI=1S/C18H17NOS/c1-2-7-15(8-3-1)20-18-11-5-4-10-17(18)19-13-12-16-9-6-14-21-16/h1-11,14,19H,12-13H2. The minimum absolute atomic E-state index is 0.852. The summed E-state index contributed by atoms with van der Waals surface area (Å²) >= 11 is 1.79. The van der Waals surface area contributed by atoms with E-state index in [0.717, 1.165) is 30.2 Å². The molecule has 0 aliphatic carbocycles. The smallest absolute Gasteiger partial charge is 0.150 e. The van der Waals surface area contributed by atoms with Crippen LogP contribution in [0.15, 0.2) is 72.1 Å². The number of hydrogen-bond donors (Lipinski definition) is 1. The van der Waals surface area contributed by atoms with Gasteiger partial charge in [-0.2, -0.15) is 0 Å². The summed E-state index contributed by atoms with van der Waals surface area (Å²) in [5, 5.41) is 5.57. The molecule has 0 atom stereocenters. The van der Waals surface area contributed by atoms with Crippen LogP contribution >= 0.6 is 11.3 Å². The van der Waals surface area contributed by atoms with Crippen LogP contribution in [-0.4, -0.2) is 6.54 Å². The summed E-state index contributed by atoms with van der Waals surface area (Å²) < 4.78 is 5.94. The van der Waals surface area contributed by atoms with E-state index in [2.05, 4.69) is 22.8 Å². The Bertz CT molecular complexity index is 665. The quantitative estimate of drug-likeness (QED) is 0.675. The van der Waals surface area contributed by atoms with Crippen LogP contribution in [0, 0.1) is 0 Å². The number of rotatable bonds is 6. The fourth-order valence-electron chi connectivity index (χ4n) is 2.09. The predicted molar refractivity (Wildman–Crippen MR) is 89.5 cm³/mol. The van der Waals surface area contributed by atoms with Crippen molar-refractivity contribution in [1.29, 1.82) is 0 Å². The van der Waals surface area contributed by atoms with Gasteiger partial charge in [-0.05, 0) is 42.1 Å². The third-order valence-corrected chi connectivity index (χ3v) is 4.06. The molecule has 0 amide bonds. The number of ether oxygens (including phenoxy) is 1. The summed E-state index contributed by atoms with van der Waals surface area (Å²) in [6.45, 7) is 0.898. The van der Waals surface area contributed by atoms with E-state index >= 15 is 0 Å². The lowest BCUT2D eigenvalue weighted by molar-refractivity contribution is 0.484. The zero-order valence-corrected chi connectivity index (χ0v) is 12.5. The zero-order valence-electron chi connectivity index (χ0n) is 11.7. The number of benzene rings is 2. The van der Waals surface area contributed by atoms with Gasteiger partial charge in [-0.15, -0.1) is 11.3 Å². The van der Waals surface area contributed by atoms with E-state index in [0.29, 0.717) is 0 Å². The first-order valence-electron chi connectivity index (χ1n) is 7.00. The van der Waals surface area contributed by atoms with Crippen molar-refractivity contribution in [2.24, 2.45) is 0 Å². The zero-order chi connectivity index (χ0) is 14.3. The highest BCUT2D eigenvalue weighted by Gasteiger charge is 2.04. The van der Waals surface area contributed by atoms with Gasteiger partial charge in [0.2, 0.25) is 0 Å². The van der Waals surface area contributed by atoms with Gasteiger partial charge in [-0.25, -0.2) is 0 Å². The summed E-state index contributed by atoms with van der Waals surface area (Å²) in [4.78, 5) is 1.39. The third kappa shape index (κ3) is 3.86. The largest absolute Gasteiger partial charge is 0.455 e. The minimum atomic E-state index is 0.852. The average molecular weight is 295 g/mol. The van der Waals surface area contributed by atoms with Crippen LogP contribution in [0.5, 0.6) is 11.5 Å². The molecule has 1 heterocycles. The number of nitrogens with one attached hydrogen (secondary N) is 1. The van der Waals surface area contributed by atoms with Crippen LogP contribution in [0.1, 0.15) is 4.88 Å². The fraction of sp³-hybridized carbons (Fsp3) is 0.111. The maximum atomic E-state index is 5.94. The first-order valence-corrected chi connectivity index (χ1v) is 7.88. The lowest BCUT2D eigenvalue weighted by Crippen LogP contribution is -2.05. The highest BCUT2D eigenvalue weighted by Crippen LogP contribution is 2.29. The van der Waals surface area contributed by atoms with Gasteiger partial charge in [-0.3, -0.25) is 0 Å². The molecule has 0 aliphatic heterocycles. The van der Waals surface area contributed by atoms with E-state index in [1.165, 1.54) is 4.88 Å². The van der Waals surface area contributed by atoms with Crippen molar-refractivity contribution in [3.63, 3.8) is 0 Å². The molecule has 1 N–H and O–H groups in total. The summed E-state index contributed by atoms with van der Waals surface area (Å²) in [6.07, 6.45) is 1.03. The van der Waals surface area contributed by atoms with Crippen LogP contribution in [0.3, 0.4) is 0 Å². The second kappa shape index (κ2) is 6.95. The van der Waals surface area contributed by atoms with Gasteiger partial charge in [0.05, 0.1) is 5.69 Å². The van der Waals surface area contributed by atoms with Gasteiger partial charge in [0.1, 0.15) is 5.75 Å². The van der Waals surface area contributed by atoms with E-state index < -0.39 is 0 Å². The molecule has 0 aliphatic rings. The molecule has 3 rings (SSSR count). The molecule has 0 saturated heterocycles. The Kier molecular flexibility index (Phi) is 4.54. The Morgan fingerprint density at radius 1 is 0.857 bits per heavy atom. The van der Waals surface area contributed by atoms with Gasteiger partial charge >= 0.3 is 0 Å². The molecule has 2 aromatic carbocycles. The first-order chi connectivity index (χ1) is 10.4. The molecule has 0 fully saturated rings. The molecule has 0 saturated carbocycles. The van der Waals surface area contributed by atoms with E-state index in [1.807, 2.05) is 54.6 Å². The van der Waals surface area contributed by atoms with Crippen LogP contribution in [0.2, 0.25) is 0 Å². The molecular formula is C18H17NOS. The third-order valence-electron chi connectivity index (χ3n) is 3.13. The topological polar surface area (TPSA) is 21.3 Å². The molecule has 106 valence electrons. The number of hydrogen-bond acceptors (Lipinski definition) is 3. The first kappa shape index (κ1) is 13.7. The van der Waals surface area contributed by atoms with Gasteiger partial charge in [0, 0.05) is 11.4 Å². The second-order valence-electron chi connectivity index (χ2n) is 4.67. The van der Waals surface area contributed by atoms with E-state index in [-0.39, 0.29) is 0 Å². The van der Waals surface area contributed by atoms with Crippen molar-refractivity contribution in [2.45, 2.75) is 6.42 Å². The van der Waals surface area contributed by atoms with Crippen molar-refractivity contribution in [1.82, 2.24) is 0 Å².